The van der Waals surface area contributed by atoms with Crippen LogP contribution in [0.3, 0.4) is 0 Å². The van der Waals surface area contributed by atoms with Gasteiger partial charge in [-0.15, -0.1) is 0 Å². The van der Waals surface area contributed by atoms with E-state index in [1.807, 2.05) is 24.9 Å². The molecule has 1 saturated heterocycles. The lowest BCUT2D eigenvalue weighted by molar-refractivity contribution is 0.370. The summed E-state index contributed by atoms with van der Waals surface area (Å²) < 4.78 is 29.2. The number of guanidine groups is 1. The van der Waals surface area contributed by atoms with Crippen molar-refractivity contribution in [2.45, 2.75) is 13.5 Å². The second kappa shape index (κ2) is 8.16. The number of hydrogen-bond donors (Lipinski definition) is 1. The van der Waals surface area contributed by atoms with Crippen LogP contribution in [0.5, 0.6) is 0 Å². The molecule has 1 N–H and O–H groups in total. The summed E-state index contributed by atoms with van der Waals surface area (Å²) in [5.74, 6) is 0.0135. The molecule has 0 aliphatic carbocycles. The van der Waals surface area contributed by atoms with Crippen LogP contribution in [-0.2, 0) is 13.6 Å². The first-order valence-electron chi connectivity index (χ1n) is 8.78. The number of rotatable bonds is 4. The molecule has 6 nitrogen and oxygen atoms in total. The molecule has 2 heterocycles. The molecule has 1 aromatic carbocycles. The van der Waals surface area contributed by atoms with Gasteiger partial charge in [0.25, 0.3) is 0 Å². The fourth-order valence-corrected chi connectivity index (χ4v) is 3.03. The first kappa shape index (κ1) is 18.2. The van der Waals surface area contributed by atoms with Gasteiger partial charge >= 0.3 is 0 Å². The largest absolute Gasteiger partial charge is 0.366 e. The van der Waals surface area contributed by atoms with Crippen molar-refractivity contribution in [2.75, 3.05) is 37.6 Å². The monoisotopic (exact) mass is 362 g/mol. The maximum atomic E-state index is 14.0. The van der Waals surface area contributed by atoms with Crippen molar-refractivity contribution in [1.29, 1.82) is 0 Å². The van der Waals surface area contributed by atoms with E-state index in [0.29, 0.717) is 38.4 Å². The number of aromatic nitrogens is 2. The Kier molecular flexibility index (Phi) is 5.70. The Bertz CT molecular complexity index is 765. The maximum absolute atomic E-state index is 14.0. The van der Waals surface area contributed by atoms with E-state index in [0.717, 1.165) is 24.3 Å². The SMILES string of the molecule is CCNC(=NCc1ccnn1C)N1CCN(c2cc(F)ccc2F)CC1. The summed E-state index contributed by atoms with van der Waals surface area (Å²) in [6.07, 6.45) is 1.75. The van der Waals surface area contributed by atoms with Gasteiger partial charge in [0.2, 0.25) is 0 Å². The first-order valence-corrected chi connectivity index (χ1v) is 8.78. The molecule has 0 bridgehead atoms. The van der Waals surface area contributed by atoms with Gasteiger partial charge in [-0.2, -0.15) is 5.10 Å². The van der Waals surface area contributed by atoms with Crippen LogP contribution in [0.25, 0.3) is 0 Å². The van der Waals surface area contributed by atoms with Crippen LogP contribution in [0, 0.1) is 11.6 Å². The smallest absolute Gasteiger partial charge is 0.194 e. The molecule has 0 saturated carbocycles. The average molecular weight is 362 g/mol. The summed E-state index contributed by atoms with van der Waals surface area (Å²) in [5.41, 5.74) is 1.35. The third-order valence-corrected chi connectivity index (χ3v) is 4.48. The van der Waals surface area contributed by atoms with Crippen molar-refractivity contribution in [2.24, 2.45) is 12.0 Å². The summed E-state index contributed by atoms with van der Waals surface area (Å²) in [7, 11) is 1.89. The molecule has 140 valence electrons. The van der Waals surface area contributed by atoms with Crippen molar-refractivity contribution >= 4 is 11.6 Å². The Labute approximate surface area is 152 Å². The molecular formula is C18H24F2N6. The van der Waals surface area contributed by atoms with Gasteiger partial charge in [-0.25, -0.2) is 13.8 Å². The van der Waals surface area contributed by atoms with E-state index < -0.39 is 11.6 Å². The molecule has 1 fully saturated rings. The number of hydrogen-bond acceptors (Lipinski definition) is 3. The highest BCUT2D eigenvalue weighted by atomic mass is 19.1. The zero-order valence-corrected chi connectivity index (χ0v) is 15.1. The lowest BCUT2D eigenvalue weighted by atomic mass is 10.2. The zero-order chi connectivity index (χ0) is 18.5. The normalized spacial score (nSPS) is 15.5. The first-order chi connectivity index (χ1) is 12.6. The molecule has 0 amide bonds. The molecule has 0 radical (unpaired) electrons. The van der Waals surface area contributed by atoms with Crippen molar-refractivity contribution < 1.29 is 8.78 Å². The van der Waals surface area contributed by atoms with E-state index in [1.54, 1.807) is 10.9 Å². The number of halogens is 2. The van der Waals surface area contributed by atoms with Crippen LogP contribution < -0.4 is 10.2 Å². The van der Waals surface area contributed by atoms with Gasteiger partial charge in [-0.1, -0.05) is 0 Å². The van der Waals surface area contributed by atoms with E-state index in [-0.39, 0.29) is 0 Å². The summed E-state index contributed by atoms with van der Waals surface area (Å²) in [5, 5.41) is 7.46. The fraction of sp³-hybridized carbons (Fsp3) is 0.444. The standard InChI is InChI=1S/C18H24F2N6/c1-3-21-18(22-13-15-6-7-23-24(15)2)26-10-8-25(9-11-26)17-12-14(19)4-5-16(17)20/h4-7,12H,3,8-11,13H2,1-2H3,(H,21,22). The molecule has 3 rings (SSSR count). The van der Waals surface area contributed by atoms with Gasteiger partial charge in [0.1, 0.15) is 11.6 Å². The minimum absolute atomic E-state index is 0.321. The van der Waals surface area contributed by atoms with E-state index in [1.165, 1.54) is 12.1 Å². The molecule has 1 aliphatic rings. The van der Waals surface area contributed by atoms with Crippen LogP contribution in [0.4, 0.5) is 14.5 Å². The Hall–Kier alpha value is -2.64. The Balaban J connectivity index is 1.66. The van der Waals surface area contributed by atoms with Crippen LogP contribution in [0.2, 0.25) is 0 Å². The lowest BCUT2D eigenvalue weighted by Gasteiger charge is -2.37. The van der Waals surface area contributed by atoms with Crippen molar-refractivity contribution in [3.05, 3.63) is 47.8 Å². The van der Waals surface area contributed by atoms with Gasteiger partial charge in [0, 0.05) is 52.0 Å². The maximum Gasteiger partial charge on any atom is 0.194 e. The van der Waals surface area contributed by atoms with Crippen molar-refractivity contribution in [3.8, 4) is 0 Å². The van der Waals surface area contributed by atoms with Gasteiger partial charge in [0.05, 0.1) is 17.9 Å². The van der Waals surface area contributed by atoms with Gasteiger partial charge in [-0.3, -0.25) is 4.68 Å². The average Bonchev–Trinajstić information content (AvgIpc) is 3.06. The predicted molar refractivity (Wildman–Crippen MR) is 98.2 cm³/mol. The van der Waals surface area contributed by atoms with Gasteiger partial charge in [0.15, 0.2) is 5.96 Å². The minimum atomic E-state index is -0.421. The third kappa shape index (κ3) is 4.12. The number of aryl methyl sites for hydroxylation is 1. The van der Waals surface area contributed by atoms with Crippen LogP contribution in [-0.4, -0.2) is 53.4 Å². The van der Waals surface area contributed by atoms with Crippen molar-refractivity contribution in [3.63, 3.8) is 0 Å². The van der Waals surface area contributed by atoms with Gasteiger partial charge < -0.3 is 15.1 Å². The highest BCUT2D eigenvalue weighted by Gasteiger charge is 2.22. The molecular weight excluding hydrogens is 338 g/mol. The molecule has 2 aromatic rings. The van der Waals surface area contributed by atoms with Crippen LogP contribution in [0.1, 0.15) is 12.6 Å². The van der Waals surface area contributed by atoms with Crippen molar-refractivity contribution in [1.82, 2.24) is 20.0 Å². The summed E-state index contributed by atoms with van der Waals surface area (Å²) >= 11 is 0. The predicted octanol–water partition coefficient (Wildman–Crippen LogP) is 1.99. The minimum Gasteiger partial charge on any atom is -0.366 e. The Morgan fingerprint density at radius 3 is 2.62 bits per heavy atom. The number of anilines is 1. The summed E-state index contributed by atoms with van der Waals surface area (Å²) in [6, 6.07) is 5.52. The number of benzene rings is 1. The molecule has 8 heteroatoms. The number of nitrogens with zero attached hydrogens (tertiary/aromatic N) is 5. The van der Waals surface area contributed by atoms with E-state index in [4.69, 9.17) is 0 Å². The zero-order valence-electron chi connectivity index (χ0n) is 15.1. The second-order valence-corrected chi connectivity index (χ2v) is 6.19. The molecule has 1 aliphatic heterocycles. The number of aliphatic imine (C=N–C) groups is 1. The molecule has 0 atom stereocenters. The summed E-state index contributed by atoms with van der Waals surface area (Å²) in [6.45, 7) is 5.92. The van der Waals surface area contributed by atoms with Gasteiger partial charge in [-0.05, 0) is 25.1 Å². The molecule has 0 unspecified atom stereocenters. The molecule has 26 heavy (non-hydrogen) atoms. The Morgan fingerprint density at radius 2 is 1.96 bits per heavy atom. The van der Waals surface area contributed by atoms with E-state index in [9.17, 15) is 8.78 Å². The lowest BCUT2D eigenvalue weighted by Crippen LogP contribution is -2.52. The Morgan fingerprint density at radius 1 is 1.19 bits per heavy atom. The van der Waals surface area contributed by atoms with Crippen LogP contribution in [0.15, 0.2) is 35.5 Å². The topological polar surface area (TPSA) is 48.7 Å². The molecule has 0 spiro atoms. The highest BCUT2D eigenvalue weighted by Crippen LogP contribution is 2.22. The second-order valence-electron chi connectivity index (χ2n) is 6.19. The fourth-order valence-electron chi connectivity index (χ4n) is 3.03. The molecule has 1 aromatic heterocycles. The van der Waals surface area contributed by atoms with E-state index >= 15 is 0 Å². The third-order valence-electron chi connectivity index (χ3n) is 4.48. The summed E-state index contributed by atoms with van der Waals surface area (Å²) in [4.78, 5) is 8.71. The highest BCUT2D eigenvalue weighted by molar-refractivity contribution is 5.80. The number of nitrogens with one attached hydrogen (secondary N) is 1. The van der Waals surface area contributed by atoms with E-state index in [2.05, 4.69) is 20.3 Å². The van der Waals surface area contributed by atoms with Crippen LogP contribution >= 0.6 is 0 Å². The quantitative estimate of drug-likeness (QED) is 0.668. The number of piperazine rings is 1.